The fourth-order valence-corrected chi connectivity index (χ4v) is 2.99. The maximum atomic E-state index is 11.7. The monoisotopic (exact) mass is 280 g/mol. The summed E-state index contributed by atoms with van der Waals surface area (Å²) in [6.45, 7) is 0.603. The van der Waals surface area contributed by atoms with E-state index in [4.69, 9.17) is 18.0 Å². The summed E-state index contributed by atoms with van der Waals surface area (Å²) in [5.74, 6) is 1.03. The van der Waals surface area contributed by atoms with Crippen LogP contribution in [0.15, 0.2) is 11.6 Å². The van der Waals surface area contributed by atoms with E-state index in [0.29, 0.717) is 23.3 Å². The third kappa shape index (κ3) is 4.69. The first-order valence-corrected chi connectivity index (χ1v) is 7.61. The van der Waals surface area contributed by atoms with E-state index in [2.05, 4.69) is 10.6 Å². The van der Waals surface area contributed by atoms with Gasteiger partial charge in [-0.1, -0.05) is 11.8 Å². The van der Waals surface area contributed by atoms with Gasteiger partial charge in [-0.25, -0.2) is 0 Å². The summed E-state index contributed by atoms with van der Waals surface area (Å²) >= 11 is 6.43. The van der Waals surface area contributed by atoms with Crippen molar-refractivity contribution in [3.63, 3.8) is 0 Å². The Labute approximate surface area is 108 Å². The molecule has 0 aliphatic carbocycles. The number of nitrogens with zero attached hydrogens (tertiary/aromatic N) is 1. The lowest BCUT2D eigenvalue weighted by Gasteiger charge is -2.20. The Morgan fingerprint density at radius 3 is 3.06 bits per heavy atom. The number of rotatable bonds is 5. The molecule has 0 aromatic rings. The second-order valence-electron chi connectivity index (χ2n) is 3.10. The Bertz CT molecular complexity index is 297. The van der Waals surface area contributed by atoms with E-state index in [1.165, 1.54) is 11.8 Å². The Hall–Kier alpha value is -0.310. The quantitative estimate of drug-likeness (QED) is 0.589. The highest BCUT2D eigenvalue weighted by Gasteiger charge is 2.16. The van der Waals surface area contributed by atoms with Crippen molar-refractivity contribution in [2.24, 2.45) is 5.73 Å². The van der Waals surface area contributed by atoms with Gasteiger partial charge in [-0.15, -0.1) is 0 Å². The Morgan fingerprint density at radius 1 is 1.75 bits per heavy atom. The minimum absolute atomic E-state index is 0.102. The van der Waals surface area contributed by atoms with Crippen molar-refractivity contribution in [1.82, 2.24) is 15.5 Å². The van der Waals surface area contributed by atoms with E-state index in [9.17, 15) is 4.21 Å². The van der Waals surface area contributed by atoms with E-state index in [1.807, 2.05) is 16.5 Å². The van der Waals surface area contributed by atoms with E-state index in [0.717, 1.165) is 0 Å². The molecule has 1 heterocycles. The molecule has 1 aliphatic rings. The van der Waals surface area contributed by atoms with Crippen LogP contribution in [0.2, 0.25) is 0 Å². The van der Waals surface area contributed by atoms with Crippen LogP contribution in [0.3, 0.4) is 0 Å². The molecular formula is C8H16N4OS3. The number of hydrogen-bond acceptors (Lipinski definition) is 5. The van der Waals surface area contributed by atoms with Crippen molar-refractivity contribution in [1.29, 1.82) is 0 Å². The van der Waals surface area contributed by atoms with Crippen LogP contribution in [-0.2, 0) is 10.8 Å². The molecule has 1 rings (SSSR count). The first kappa shape index (κ1) is 13.8. The molecule has 0 fully saturated rings. The molecule has 0 radical (unpaired) electrons. The van der Waals surface area contributed by atoms with Gasteiger partial charge in [0.2, 0.25) is 0 Å². The van der Waals surface area contributed by atoms with Gasteiger partial charge in [0.05, 0.1) is 5.88 Å². The molecule has 0 aromatic heterocycles. The van der Waals surface area contributed by atoms with Gasteiger partial charge in [-0.05, 0) is 17.6 Å². The van der Waals surface area contributed by atoms with E-state index < -0.39 is 10.8 Å². The van der Waals surface area contributed by atoms with Crippen LogP contribution in [0.4, 0.5) is 0 Å². The average Bonchev–Trinajstić information content (AvgIpc) is 2.64. The van der Waals surface area contributed by atoms with Gasteiger partial charge >= 0.3 is 0 Å². The van der Waals surface area contributed by atoms with Crippen molar-refractivity contribution in [3.8, 4) is 0 Å². The van der Waals surface area contributed by atoms with Gasteiger partial charge in [0.1, 0.15) is 5.50 Å². The highest BCUT2D eigenvalue weighted by atomic mass is 32.2. The first-order valence-electron chi connectivity index (χ1n) is 4.77. The molecule has 1 aliphatic heterocycles. The van der Waals surface area contributed by atoms with Gasteiger partial charge < -0.3 is 21.3 Å². The van der Waals surface area contributed by atoms with Gasteiger partial charge in [0.15, 0.2) is 5.11 Å². The lowest BCUT2D eigenvalue weighted by atomic mass is 10.7. The predicted octanol–water partition coefficient (Wildman–Crippen LogP) is -0.451. The fourth-order valence-electron chi connectivity index (χ4n) is 1.07. The van der Waals surface area contributed by atoms with Crippen LogP contribution >= 0.6 is 24.0 Å². The maximum absolute atomic E-state index is 11.7. The van der Waals surface area contributed by atoms with Crippen molar-refractivity contribution in [2.75, 3.05) is 25.2 Å². The zero-order valence-corrected chi connectivity index (χ0v) is 11.5. The average molecular weight is 280 g/mol. The molecule has 4 N–H and O–H groups in total. The number of nitrogens with one attached hydrogen (secondary N) is 2. The summed E-state index contributed by atoms with van der Waals surface area (Å²) < 4.78 is 11.7. The predicted molar refractivity (Wildman–Crippen MR) is 74.1 cm³/mol. The molecule has 8 heteroatoms. The summed E-state index contributed by atoms with van der Waals surface area (Å²) in [6.07, 6.45) is 1.87. The van der Waals surface area contributed by atoms with Gasteiger partial charge in [-0.3, -0.25) is 4.21 Å². The molecule has 5 nitrogen and oxygen atoms in total. The summed E-state index contributed by atoms with van der Waals surface area (Å²) in [5.41, 5.74) is 5.67. The second kappa shape index (κ2) is 7.10. The molecular weight excluding hydrogens is 264 g/mol. The van der Waals surface area contributed by atoms with Gasteiger partial charge in [0.25, 0.3) is 0 Å². The van der Waals surface area contributed by atoms with Crippen LogP contribution in [0.1, 0.15) is 0 Å². The third-order valence-corrected chi connectivity index (χ3v) is 4.36. The Kier molecular flexibility index (Phi) is 6.10. The number of thioether (sulfide) groups is 1. The summed E-state index contributed by atoms with van der Waals surface area (Å²) in [5, 5.41) is 8.24. The highest BCUT2D eigenvalue weighted by Crippen LogP contribution is 2.20. The molecule has 0 saturated carbocycles. The molecule has 0 amide bonds. The molecule has 2 atom stereocenters. The molecule has 92 valence electrons. The van der Waals surface area contributed by atoms with E-state index in [1.54, 1.807) is 7.05 Å². The zero-order chi connectivity index (χ0) is 12.0. The molecule has 0 bridgehead atoms. The van der Waals surface area contributed by atoms with Crippen LogP contribution < -0.4 is 16.4 Å². The van der Waals surface area contributed by atoms with Crippen LogP contribution in [0.25, 0.3) is 0 Å². The molecule has 0 saturated heterocycles. The highest BCUT2D eigenvalue weighted by molar-refractivity contribution is 8.02. The van der Waals surface area contributed by atoms with Crippen LogP contribution in [0.5, 0.6) is 0 Å². The van der Waals surface area contributed by atoms with Crippen molar-refractivity contribution < 1.29 is 4.21 Å². The van der Waals surface area contributed by atoms with Crippen LogP contribution in [-0.4, -0.2) is 44.9 Å². The van der Waals surface area contributed by atoms with Gasteiger partial charge in [-0.2, -0.15) is 0 Å². The van der Waals surface area contributed by atoms with E-state index >= 15 is 0 Å². The number of thiocarbonyl (C=S) groups is 1. The Balaban J connectivity index is 2.16. The van der Waals surface area contributed by atoms with Crippen molar-refractivity contribution in [3.05, 3.63) is 11.6 Å². The molecule has 0 spiro atoms. The lowest BCUT2D eigenvalue weighted by molar-refractivity contribution is 0.424. The summed E-state index contributed by atoms with van der Waals surface area (Å²) in [6, 6.07) is 0. The lowest BCUT2D eigenvalue weighted by Crippen LogP contribution is -2.38. The van der Waals surface area contributed by atoms with Crippen molar-refractivity contribution in [2.45, 2.75) is 5.50 Å². The normalized spacial score (nSPS) is 20.9. The number of nitrogens with two attached hydrogens (primary N) is 1. The smallest absolute Gasteiger partial charge is 0.166 e. The largest absolute Gasteiger partial charge is 0.366 e. The van der Waals surface area contributed by atoms with Gasteiger partial charge in [0, 0.05) is 36.3 Å². The topological polar surface area (TPSA) is 70.4 Å². The minimum Gasteiger partial charge on any atom is -0.366 e. The SMILES string of the molecule is CNC(=S)NCCS(=O)CN1C=CSC1N. The standard InChI is InChI=1S/C8H16N4OS3/c1-10-8(14)11-2-5-16(13)6-12-3-4-15-7(12)9/h3-4,7H,2,5-6,9H2,1H3,(H2,10,11,14). The first-order chi connectivity index (χ1) is 7.63. The van der Waals surface area contributed by atoms with Crippen LogP contribution in [0, 0.1) is 0 Å². The fraction of sp³-hybridized carbons (Fsp3) is 0.625. The third-order valence-electron chi connectivity index (χ3n) is 1.93. The van der Waals surface area contributed by atoms with E-state index in [-0.39, 0.29) is 5.50 Å². The zero-order valence-electron chi connectivity index (χ0n) is 9.01. The number of hydrogen-bond donors (Lipinski definition) is 3. The molecule has 16 heavy (non-hydrogen) atoms. The Morgan fingerprint density at radius 2 is 2.50 bits per heavy atom. The maximum Gasteiger partial charge on any atom is 0.166 e. The second-order valence-corrected chi connectivity index (χ2v) is 6.09. The minimum atomic E-state index is -0.918. The summed E-state index contributed by atoms with van der Waals surface area (Å²) in [4.78, 5) is 1.87. The molecule has 0 aromatic carbocycles. The summed E-state index contributed by atoms with van der Waals surface area (Å²) in [7, 11) is 0.830. The van der Waals surface area contributed by atoms with Crippen molar-refractivity contribution >= 4 is 39.9 Å². The molecule has 2 unspecified atom stereocenters.